The predicted molar refractivity (Wildman–Crippen MR) is 124 cm³/mol. The second-order valence-electron chi connectivity index (χ2n) is 9.16. The van der Waals surface area contributed by atoms with Crippen LogP contribution in [0, 0.1) is 17.2 Å². The highest BCUT2D eigenvalue weighted by atomic mass is 16.5. The molecule has 174 valence electrons. The van der Waals surface area contributed by atoms with Gasteiger partial charge in [-0.2, -0.15) is 5.26 Å². The van der Waals surface area contributed by atoms with Crippen LogP contribution >= 0.6 is 0 Å². The zero-order valence-electron chi connectivity index (χ0n) is 18.7. The number of hydrogen-bond acceptors (Lipinski definition) is 5. The van der Waals surface area contributed by atoms with Gasteiger partial charge in [0.1, 0.15) is 23.0 Å². The lowest BCUT2D eigenvalue weighted by atomic mass is 9.96. The Bertz CT molecular complexity index is 1380. The molecule has 0 spiro atoms. The molecule has 2 heterocycles. The molecule has 9 heteroatoms. The van der Waals surface area contributed by atoms with E-state index in [1.165, 1.54) is 0 Å². The van der Waals surface area contributed by atoms with Crippen LogP contribution in [0.2, 0.25) is 0 Å². The Morgan fingerprint density at radius 2 is 2.12 bits per heavy atom. The van der Waals surface area contributed by atoms with Crippen LogP contribution in [0.25, 0.3) is 10.9 Å². The summed E-state index contributed by atoms with van der Waals surface area (Å²) in [5.74, 6) is 0.184. The topological polar surface area (TPSA) is 140 Å². The number of benzene rings is 1. The van der Waals surface area contributed by atoms with E-state index in [0.29, 0.717) is 29.3 Å². The number of pyridine rings is 1. The first-order valence-electron chi connectivity index (χ1n) is 11.3. The van der Waals surface area contributed by atoms with Gasteiger partial charge in [0, 0.05) is 35.5 Å². The summed E-state index contributed by atoms with van der Waals surface area (Å²) in [5, 5.41) is 16.4. The standard InChI is InChI=1S/C25H25N5O4/c1-34-21-4-2-3-18-16(21)10-20(28-18)23(32)29-19(9-14-5-6-14)24(33)30-25(13-26)11-15-7-8-27-22(31)17(15)12-25/h2-4,7-8,10,14,19,28H,5-6,9,11-12H2,1H3,(H,27,31)(H,29,32)(H,30,33)/t19-,25-/m0/s1. The summed E-state index contributed by atoms with van der Waals surface area (Å²) in [6.45, 7) is 0. The summed E-state index contributed by atoms with van der Waals surface area (Å²) < 4.78 is 5.36. The van der Waals surface area contributed by atoms with Crippen molar-refractivity contribution in [1.82, 2.24) is 20.6 Å². The molecule has 0 bridgehead atoms. The number of aromatic amines is 2. The largest absolute Gasteiger partial charge is 0.496 e. The maximum atomic E-state index is 13.3. The van der Waals surface area contributed by atoms with E-state index in [0.717, 1.165) is 29.3 Å². The van der Waals surface area contributed by atoms with E-state index in [1.54, 1.807) is 25.4 Å². The number of nitrogens with one attached hydrogen (secondary N) is 4. The van der Waals surface area contributed by atoms with Crippen molar-refractivity contribution in [3.8, 4) is 11.8 Å². The predicted octanol–water partition coefficient (Wildman–Crippen LogP) is 1.94. The molecule has 4 N–H and O–H groups in total. The number of ether oxygens (including phenoxy) is 1. The Morgan fingerprint density at radius 1 is 1.29 bits per heavy atom. The second-order valence-corrected chi connectivity index (χ2v) is 9.16. The van der Waals surface area contributed by atoms with Gasteiger partial charge in [0.25, 0.3) is 11.5 Å². The Balaban J connectivity index is 1.35. The van der Waals surface area contributed by atoms with Gasteiger partial charge in [-0.1, -0.05) is 18.9 Å². The highest BCUT2D eigenvalue weighted by Gasteiger charge is 2.42. The molecule has 2 aliphatic rings. The third-order valence-corrected chi connectivity index (χ3v) is 6.68. The normalized spacial score (nSPS) is 19.8. The Labute approximate surface area is 195 Å². The maximum Gasteiger partial charge on any atom is 0.268 e. The third-order valence-electron chi connectivity index (χ3n) is 6.68. The van der Waals surface area contributed by atoms with Crippen LogP contribution < -0.4 is 20.9 Å². The zero-order valence-corrected chi connectivity index (χ0v) is 18.7. The molecule has 2 aliphatic carbocycles. The van der Waals surface area contributed by atoms with Crippen molar-refractivity contribution in [2.75, 3.05) is 7.11 Å². The van der Waals surface area contributed by atoms with Crippen LogP contribution in [-0.2, 0) is 17.6 Å². The van der Waals surface area contributed by atoms with Gasteiger partial charge in [-0.3, -0.25) is 14.4 Å². The first-order valence-corrected chi connectivity index (χ1v) is 11.3. The molecule has 5 rings (SSSR count). The first-order chi connectivity index (χ1) is 16.4. The minimum absolute atomic E-state index is 0.132. The van der Waals surface area contributed by atoms with Crippen molar-refractivity contribution >= 4 is 22.7 Å². The van der Waals surface area contributed by atoms with Crippen molar-refractivity contribution in [2.24, 2.45) is 5.92 Å². The van der Waals surface area contributed by atoms with Crippen LogP contribution in [0.15, 0.2) is 41.3 Å². The molecule has 3 aromatic rings. The fraction of sp³-hybridized carbons (Fsp3) is 0.360. The summed E-state index contributed by atoms with van der Waals surface area (Å²) >= 11 is 0. The van der Waals surface area contributed by atoms with Gasteiger partial charge in [0.2, 0.25) is 5.91 Å². The van der Waals surface area contributed by atoms with Gasteiger partial charge in [-0.15, -0.1) is 0 Å². The van der Waals surface area contributed by atoms with Crippen LogP contribution in [0.5, 0.6) is 5.75 Å². The first kappa shape index (κ1) is 21.8. The number of aromatic nitrogens is 2. The highest BCUT2D eigenvalue weighted by molar-refractivity contribution is 6.01. The molecule has 9 nitrogen and oxygen atoms in total. The molecule has 2 aromatic heterocycles. The average Bonchev–Trinajstić information content (AvgIpc) is 3.40. The fourth-order valence-corrected chi connectivity index (χ4v) is 4.70. The van der Waals surface area contributed by atoms with E-state index in [1.807, 2.05) is 18.2 Å². The van der Waals surface area contributed by atoms with Crippen molar-refractivity contribution < 1.29 is 14.3 Å². The average molecular weight is 460 g/mol. The van der Waals surface area contributed by atoms with E-state index < -0.39 is 23.4 Å². The monoisotopic (exact) mass is 459 g/mol. The summed E-state index contributed by atoms with van der Waals surface area (Å²) in [7, 11) is 1.57. The van der Waals surface area contributed by atoms with E-state index in [4.69, 9.17) is 4.74 Å². The lowest BCUT2D eigenvalue weighted by Gasteiger charge is -2.26. The molecule has 1 saturated carbocycles. The van der Waals surface area contributed by atoms with Crippen LogP contribution in [0.4, 0.5) is 0 Å². The molecule has 2 amide bonds. The van der Waals surface area contributed by atoms with E-state index in [-0.39, 0.29) is 18.4 Å². The summed E-state index contributed by atoms with van der Waals surface area (Å²) in [5.41, 5.74) is 0.878. The minimum Gasteiger partial charge on any atom is -0.496 e. The lowest BCUT2D eigenvalue weighted by molar-refractivity contribution is -0.124. The molecule has 34 heavy (non-hydrogen) atoms. The molecule has 2 atom stereocenters. The molecule has 1 aromatic carbocycles. The Kier molecular flexibility index (Phi) is 5.36. The quantitative estimate of drug-likeness (QED) is 0.428. The molecular formula is C25H25N5O4. The van der Waals surface area contributed by atoms with Crippen molar-refractivity contribution in [2.45, 2.75) is 43.7 Å². The van der Waals surface area contributed by atoms with Crippen molar-refractivity contribution in [3.63, 3.8) is 0 Å². The molecule has 0 saturated heterocycles. The van der Waals surface area contributed by atoms with Gasteiger partial charge < -0.3 is 25.3 Å². The summed E-state index contributed by atoms with van der Waals surface area (Å²) in [4.78, 5) is 44.2. The number of fused-ring (bicyclic) bond motifs is 2. The number of hydrogen-bond donors (Lipinski definition) is 4. The van der Waals surface area contributed by atoms with Gasteiger partial charge in [-0.25, -0.2) is 0 Å². The lowest BCUT2D eigenvalue weighted by Crippen LogP contribution is -2.56. The number of carbonyl (C=O) groups excluding carboxylic acids is 2. The van der Waals surface area contributed by atoms with Gasteiger partial charge in [-0.05, 0) is 42.2 Å². The van der Waals surface area contributed by atoms with Gasteiger partial charge >= 0.3 is 0 Å². The third kappa shape index (κ3) is 4.03. The summed E-state index contributed by atoms with van der Waals surface area (Å²) in [6.07, 6.45) is 4.44. The molecule has 0 unspecified atom stereocenters. The van der Waals surface area contributed by atoms with Crippen LogP contribution in [-0.4, -0.2) is 40.5 Å². The molecule has 1 fully saturated rings. The van der Waals surface area contributed by atoms with Gasteiger partial charge in [0.15, 0.2) is 0 Å². The second kappa shape index (κ2) is 8.37. The number of nitrogens with zero attached hydrogens (tertiary/aromatic N) is 1. The van der Waals surface area contributed by atoms with Crippen molar-refractivity contribution in [1.29, 1.82) is 5.26 Å². The molecule has 0 radical (unpaired) electrons. The fourth-order valence-electron chi connectivity index (χ4n) is 4.70. The maximum absolute atomic E-state index is 13.3. The zero-order chi connectivity index (χ0) is 23.9. The minimum atomic E-state index is -1.21. The van der Waals surface area contributed by atoms with E-state index in [9.17, 15) is 19.6 Å². The SMILES string of the molecule is COc1cccc2[nH]c(C(=O)N[C@@H](CC3CC3)C(=O)N[C@@]3(C#N)Cc4cc[nH]c(=O)c4C3)cc12. The molecular weight excluding hydrogens is 434 g/mol. The van der Waals surface area contributed by atoms with E-state index >= 15 is 0 Å². The number of rotatable bonds is 7. The molecule has 0 aliphatic heterocycles. The Morgan fingerprint density at radius 3 is 2.82 bits per heavy atom. The van der Waals surface area contributed by atoms with Crippen LogP contribution in [0.1, 0.15) is 40.9 Å². The van der Waals surface area contributed by atoms with Crippen molar-refractivity contribution in [3.05, 3.63) is 63.7 Å². The number of H-pyrrole nitrogens is 2. The number of nitriles is 1. The Hall–Kier alpha value is -4.06. The van der Waals surface area contributed by atoms with Gasteiger partial charge in [0.05, 0.1) is 13.2 Å². The number of amides is 2. The smallest absolute Gasteiger partial charge is 0.268 e. The number of methoxy groups -OCH3 is 1. The van der Waals surface area contributed by atoms with Crippen LogP contribution in [0.3, 0.4) is 0 Å². The number of carbonyl (C=O) groups is 2. The summed E-state index contributed by atoms with van der Waals surface area (Å²) in [6, 6.07) is 10.4. The van der Waals surface area contributed by atoms with E-state index in [2.05, 4.69) is 26.7 Å². The highest BCUT2D eigenvalue weighted by Crippen LogP contribution is 2.34.